The standard InChI is InChI=1S/C26H31ClN4O4S/c1-4-30-20(16-29-12-13-31(17(3)15-29)24(32)21-11-8-14-36-21)22(25(33)35-5-2)23(28-26(30)34)18-9-6-7-10-19(18)27/h6-11,14,17,23H,4-5,12-13,15-16H2,1-3H3,(H,28,34)/t17-,23+/m0/s1. The summed E-state index contributed by atoms with van der Waals surface area (Å²) in [5.41, 5.74) is 1.63. The van der Waals surface area contributed by atoms with Gasteiger partial charge in [-0.05, 0) is 43.8 Å². The van der Waals surface area contributed by atoms with E-state index < -0.39 is 12.0 Å². The third-order valence-electron chi connectivity index (χ3n) is 6.54. The molecule has 0 bridgehead atoms. The highest BCUT2D eigenvalue weighted by atomic mass is 35.5. The fourth-order valence-corrected chi connectivity index (χ4v) is 5.76. The molecule has 0 saturated carbocycles. The lowest BCUT2D eigenvalue weighted by Gasteiger charge is -2.42. The Labute approximate surface area is 220 Å². The van der Waals surface area contributed by atoms with E-state index in [1.54, 1.807) is 17.9 Å². The predicted molar refractivity (Wildman–Crippen MR) is 140 cm³/mol. The molecule has 1 fully saturated rings. The normalized spacial score (nSPS) is 20.9. The van der Waals surface area contributed by atoms with Gasteiger partial charge in [0.2, 0.25) is 0 Å². The van der Waals surface area contributed by atoms with Crippen LogP contribution in [0.1, 0.15) is 42.0 Å². The van der Waals surface area contributed by atoms with E-state index in [-0.39, 0.29) is 24.6 Å². The van der Waals surface area contributed by atoms with Gasteiger partial charge in [0.25, 0.3) is 5.91 Å². The molecule has 0 unspecified atom stereocenters. The zero-order chi connectivity index (χ0) is 25.8. The lowest BCUT2D eigenvalue weighted by Crippen LogP contribution is -2.56. The summed E-state index contributed by atoms with van der Waals surface area (Å²) in [5.74, 6) is -0.440. The van der Waals surface area contributed by atoms with Crippen molar-refractivity contribution in [1.82, 2.24) is 20.0 Å². The lowest BCUT2D eigenvalue weighted by molar-refractivity contribution is -0.139. The van der Waals surface area contributed by atoms with Crippen molar-refractivity contribution in [2.75, 3.05) is 39.3 Å². The van der Waals surface area contributed by atoms with Gasteiger partial charge in [-0.1, -0.05) is 35.9 Å². The minimum atomic E-state index is -0.720. The van der Waals surface area contributed by atoms with Crippen molar-refractivity contribution in [2.45, 2.75) is 32.9 Å². The summed E-state index contributed by atoms with van der Waals surface area (Å²) < 4.78 is 5.44. The maximum atomic E-state index is 13.3. The third kappa shape index (κ3) is 5.28. The largest absolute Gasteiger partial charge is 0.463 e. The van der Waals surface area contributed by atoms with Gasteiger partial charge in [-0.2, -0.15) is 0 Å². The molecule has 0 spiro atoms. The fourth-order valence-electron chi connectivity index (χ4n) is 4.83. The zero-order valence-electron chi connectivity index (χ0n) is 20.7. The van der Waals surface area contributed by atoms with E-state index in [9.17, 15) is 14.4 Å². The Morgan fingerprint density at radius 2 is 1.94 bits per heavy atom. The molecule has 10 heteroatoms. The van der Waals surface area contributed by atoms with Crippen molar-refractivity contribution >= 4 is 40.8 Å². The number of halogens is 1. The van der Waals surface area contributed by atoms with Crippen LogP contribution in [0.3, 0.4) is 0 Å². The average molecular weight is 531 g/mol. The van der Waals surface area contributed by atoms with Gasteiger partial charge in [0.05, 0.1) is 23.1 Å². The summed E-state index contributed by atoms with van der Waals surface area (Å²) in [5, 5.41) is 5.32. The molecular weight excluding hydrogens is 500 g/mol. The SMILES string of the molecule is CCOC(=O)C1=C(CN2CCN(C(=O)c3cccs3)[C@@H](C)C2)N(CC)C(=O)N[C@@H]1c1ccccc1Cl. The first-order valence-corrected chi connectivity index (χ1v) is 13.4. The van der Waals surface area contributed by atoms with Crippen molar-refractivity contribution in [3.63, 3.8) is 0 Å². The summed E-state index contributed by atoms with van der Waals surface area (Å²) in [6.07, 6.45) is 0. The molecule has 1 N–H and O–H groups in total. The van der Waals surface area contributed by atoms with Gasteiger partial charge in [-0.3, -0.25) is 14.6 Å². The van der Waals surface area contributed by atoms with Crippen molar-refractivity contribution in [1.29, 1.82) is 0 Å². The van der Waals surface area contributed by atoms with Gasteiger partial charge in [-0.25, -0.2) is 9.59 Å². The molecule has 1 saturated heterocycles. The minimum Gasteiger partial charge on any atom is -0.463 e. The number of carbonyl (C=O) groups is 3. The maximum Gasteiger partial charge on any atom is 0.338 e. The number of benzene rings is 1. The minimum absolute atomic E-state index is 0.0214. The molecular formula is C26H31ClN4O4S. The number of amides is 3. The molecule has 3 amide bonds. The lowest BCUT2D eigenvalue weighted by atomic mass is 9.94. The van der Waals surface area contributed by atoms with Crippen LogP contribution in [-0.2, 0) is 9.53 Å². The van der Waals surface area contributed by atoms with Crippen molar-refractivity contribution in [2.24, 2.45) is 0 Å². The van der Waals surface area contributed by atoms with Crippen LogP contribution in [0, 0.1) is 0 Å². The topological polar surface area (TPSA) is 82.2 Å². The molecule has 3 heterocycles. The summed E-state index contributed by atoms with van der Waals surface area (Å²) >= 11 is 7.92. The van der Waals surface area contributed by atoms with Crippen molar-refractivity contribution in [3.8, 4) is 0 Å². The Kier molecular flexibility index (Phi) is 8.33. The Balaban J connectivity index is 1.65. The van der Waals surface area contributed by atoms with Gasteiger partial charge >= 0.3 is 12.0 Å². The molecule has 4 rings (SSSR count). The molecule has 8 nitrogen and oxygen atoms in total. The third-order valence-corrected chi connectivity index (χ3v) is 7.75. The first-order valence-electron chi connectivity index (χ1n) is 12.1. The quantitative estimate of drug-likeness (QED) is 0.544. The Morgan fingerprint density at radius 1 is 1.17 bits per heavy atom. The van der Waals surface area contributed by atoms with Gasteiger partial charge in [0.15, 0.2) is 0 Å². The first kappa shape index (κ1) is 26.2. The number of ether oxygens (including phenoxy) is 1. The van der Waals surface area contributed by atoms with Crippen molar-refractivity contribution < 1.29 is 19.1 Å². The number of thiophene rings is 1. The second-order valence-electron chi connectivity index (χ2n) is 8.79. The van der Waals surface area contributed by atoms with Crippen LogP contribution >= 0.6 is 22.9 Å². The highest BCUT2D eigenvalue weighted by Gasteiger charge is 2.40. The molecule has 1 aromatic heterocycles. The van der Waals surface area contributed by atoms with Crippen LogP contribution in [-0.4, -0.2) is 78.0 Å². The number of hydrogen-bond acceptors (Lipinski definition) is 6. The number of rotatable bonds is 7. The van der Waals surface area contributed by atoms with Crippen LogP contribution in [0.2, 0.25) is 5.02 Å². The number of piperazine rings is 1. The predicted octanol–water partition coefficient (Wildman–Crippen LogP) is 4.15. The van der Waals surface area contributed by atoms with E-state index in [2.05, 4.69) is 10.2 Å². The molecule has 192 valence electrons. The highest BCUT2D eigenvalue weighted by molar-refractivity contribution is 7.12. The molecule has 36 heavy (non-hydrogen) atoms. The molecule has 2 aliphatic heterocycles. The molecule has 1 aromatic carbocycles. The van der Waals surface area contributed by atoms with E-state index in [1.807, 2.05) is 54.5 Å². The number of nitrogens with one attached hydrogen (secondary N) is 1. The molecule has 2 aromatic rings. The summed E-state index contributed by atoms with van der Waals surface area (Å²) in [4.78, 5) is 45.7. The Bertz CT molecular complexity index is 1150. The Hall–Kier alpha value is -2.88. The zero-order valence-corrected chi connectivity index (χ0v) is 22.3. The first-order chi connectivity index (χ1) is 17.3. The van der Waals surface area contributed by atoms with E-state index in [0.717, 1.165) is 4.88 Å². The number of hydrogen-bond donors (Lipinski definition) is 1. The van der Waals surface area contributed by atoms with E-state index in [4.69, 9.17) is 16.3 Å². The summed E-state index contributed by atoms with van der Waals surface area (Å²) in [6, 6.07) is 9.88. The van der Waals surface area contributed by atoms with Gasteiger partial charge in [0, 0.05) is 49.5 Å². The van der Waals surface area contributed by atoms with Crippen LogP contribution < -0.4 is 5.32 Å². The van der Waals surface area contributed by atoms with E-state index in [1.165, 1.54) is 11.3 Å². The van der Waals surface area contributed by atoms with Crippen molar-refractivity contribution in [3.05, 3.63) is 68.5 Å². The van der Waals surface area contributed by atoms with Gasteiger partial charge in [-0.15, -0.1) is 11.3 Å². The smallest absolute Gasteiger partial charge is 0.338 e. The molecule has 0 aliphatic carbocycles. The number of carbonyl (C=O) groups excluding carboxylic acids is 3. The highest BCUT2D eigenvalue weighted by Crippen LogP contribution is 2.35. The monoisotopic (exact) mass is 530 g/mol. The average Bonchev–Trinajstić information content (AvgIpc) is 3.39. The molecule has 2 aliphatic rings. The van der Waals surface area contributed by atoms with E-state index >= 15 is 0 Å². The number of urea groups is 1. The maximum absolute atomic E-state index is 13.3. The number of nitrogens with zero attached hydrogens (tertiary/aromatic N) is 3. The fraction of sp³-hybridized carbons (Fsp3) is 0.423. The molecule has 0 radical (unpaired) electrons. The second kappa shape index (κ2) is 11.5. The molecule has 2 atom stereocenters. The summed E-state index contributed by atoms with van der Waals surface area (Å²) in [6.45, 7) is 8.44. The second-order valence-corrected chi connectivity index (χ2v) is 10.1. The summed E-state index contributed by atoms with van der Waals surface area (Å²) in [7, 11) is 0. The van der Waals surface area contributed by atoms with Crippen LogP contribution in [0.15, 0.2) is 53.0 Å². The Morgan fingerprint density at radius 3 is 2.58 bits per heavy atom. The number of esters is 1. The van der Waals surface area contributed by atoms with Gasteiger partial charge < -0.3 is 15.0 Å². The van der Waals surface area contributed by atoms with Crippen LogP contribution in [0.4, 0.5) is 4.79 Å². The number of likely N-dealkylation sites (N-methyl/N-ethyl adjacent to an activating group) is 1. The van der Waals surface area contributed by atoms with Crippen LogP contribution in [0.5, 0.6) is 0 Å². The van der Waals surface area contributed by atoms with Gasteiger partial charge in [0.1, 0.15) is 0 Å². The van der Waals surface area contributed by atoms with E-state index in [0.29, 0.717) is 54.6 Å². The van der Waals surface area contributed by atoms with Crippen LogP contribution in [0.25, 0.3) is 0 Å².